The fourth-order valence-corrected chi connectivity index (χ4v) is 3.43. The maximum atomic E-state index is 12.8. The van der Waals surface area contributed by atoms with Crippen LogP contribution < -0.4 is 5.30 Å². The Labute approximate surface area is 185 Å². The number of hydrogen-bond acceptors (Lipinski definition) is 4. The van der Waals surface area contributed by atoms with Gasteiger partial charge in [-0.05, 0) is 54.9 Å². The molecule has 0 aliphatic carbocycles. The standard InChI is InChI=1S/C24H28F2N3OP/c1-15-8-7-9-19(12-15)16(2)14-29(28-6)17(3)20-10-11-21(22(31)13-20)24(27-5)30-18(4)23(25)26/h7-14,17,23H,4,6,31H2,1-3,5H3/b16-14+,27-24?. The number of aryl methyl sites for hydroxylation is 1. The molecule has 0 saturated heterocycles. The van der Waals surface area contributed by atoms with E-state index in [0.717, 1.165) is 22.0 Å². The van der Waals surface area contributed by atoms with Crippen molar-refractivity contribution in [3.05, 3.63) is 83.3 Å². The summed E-state index contributed by atoms with van der Waals surface area (Å²) >= 11 is 0. The molecule has 0 heterocycles. The maximum absolute atomic E-state index is 12.8. The van der Waals surface area contributed by atoms with Gasteiger partial charge in [0.2, 0.25) is 5.90 Å². The molecule has 2 unspecified atom stereocenters. The monoisotopic (exact) mass is 443 g/mol. The van der Waals surface area contributed by atoms with Gasteiger partial charge in [-0.25, -0.2) is 8.78 Å². The highest BCUT2D eigenvalue weighted by atomic mass is 31.0. The lowest BCUT2D eigenvalue weighted by molar-refractivity contribution is 0.135. The van der Waals surface area contributed by atoms with Crippen molar-refractivity contribution in [3.8, 4) is 0 Å². The summed E-state index contributed by atoms with van der Waals surface area (Å²) in [5, 5.41) is 6.72. The van der Waals surface area contributed by atoms with Gasteiger partial charge in [0.05, 0.1) is 6.04 Å². The molecule has 0 radical (unpaired) electrons. The first-order valence-corrected chi connectivity index (χ1v) is 10.3. The van der Waals surface area contributed by atoms with E-state index in [2.05, 4.69) is 57.8 Å². The molecule has 0 fully saturated rings. The predicted octanol–water partition coefficient (Wildman–Crippen LogP) is 5.71. The van der Waals surface area contributed by atoms with Crippen LogP contribution in [0.1, 0.15) is 42.1 Å². The molecule has 0 amide bonds. The number of alkyl halides is 2. The fraction of sp³-hybridized carbons (Fsp3) is 0.250. The van der Waals surface area contributed by atoms with Crippen LogP contribution in [-0.4, -0.2) is 31.1 Å². The van der Waals surface area contributed by atoms with Crippen molar-refractivity contribution in [2.75, 3.05) is 7.05 Å². The molecule has 0 saturated carbocycles. The van der Waals surface area contributed by atoms with Crippen LogP contribution in [0.3, 0.4) is 0 Å². The van der Waals surface area contributed by atoms with Gasteiger partial charge in [-0.3, -0.25) is 10.0 Å². The Morgan fingerprint density at radius 2 is 1.94 bits per heavy atom. The van der Waals surface area contributed by atoms with Crippen LogP contribution in [-0.2, 0) is 4.74 Å². The summed E-state index contributed by atoms with van der Waals surface area (Å²) in [6.45, 7) is 13.0. The second-order valence-electron chi connectivity index (χ2n) is 7.12. The third kappa shape index (κ3) is 6.31. The van der Waals surface area contributed by atoms with E-state index in [1.807, 2.05) is 38.2 Å². The van der Waals surface area contributed by atoms with E-state index < -0.39 is 12.2 Å². The first-order chi connectivity index (χ1) is 14.7. The van der Waals surface area contributed by atoms with Crippen molar-refractivity contribution in [1.29, 1.82) is 0 Å². The zero-order chi connectivity index (χ0) is 23.1. The molecule has 2 atom stereocenters. The highest BCUT2D eigenvalue weighted by Gasteiger charge is 2.18. The molecule has 2 aromatic rings. The molecule has 0 aromatic heterocycles. The van der Waals surface area contributed by atoms with Gasteiger partial charge in [0.1, 0.15) is 0 Å². The number of allylic oxidation sites excluding steroid dienone is 2. The van der Waals surface area contributed by atoms with Gasteiger partial charge in [0.25, 0.3) is 6.43 Å². The molecule has 0 N–H and O–H groups in total. The van der Waals surface area contributed by atoms with E-state index in [1.54, 1.807) is 11.1 Å². The minimum absolute atomic E-state index is 0.0865. The smallest absolute Gasteiger partial charge is 0.294 e. The van der Waals surface area contributed by atoms with E-state index in [1.165, 1.54) is 12.6 Å². The molecular weight excluding hydrogens is 415 g/mol. The number of nitrogens with zero attached hydrogens (tertiary/aromatic N) is 3. The minimum atomic E-state index is -2.78. The maximum Gasteiger partial charge on any atom is 0.294 e. The first kappa shape index (κ1) is 24.4. The Morgan fingerprint density at radius 1 is 1.23 bits per heavy atom. The van der Waals surface area contributed by atoms with E-state index in [-0.39, 0.29) is 11.9 Å². The van der Waals surface area contributed by atoms with Crippen molar-refractivity contribution in [3.63, 3.8) is 0 Å². The summed E-state index contributed by atoms with van der Waals surface area (Å²) in [6.07, 6.45) is -0.822. The van der Waals surface area contributed by atoms with Gasteiger partial charge in [0.15, 0.2) is 5.76 Å². The van der Waals surface area contributed by atoms with Crippen LogP contribution in [0.25, 0.3) is 5.57 Å². The molecule has 0 aliphatic rings. The molecule has 7 heteroatoms. The SMILES string of the molecule is C=NN(/C=C(\C)c1cccc(C)c1)C(C)c1ccc(C(=NC)OC(=C)C(F)F)c(P)c1. The fourth-order valence-electron chi connectivity index (χ4n) is 3.02. The Kier molecular flexibility index (Phi) is 8.64. The van der Waals surface area contributed by atoms with E-state index in [0.29, 0.717) is 5.56 Å². The van der Waals surface area contributed by atoms with Crippen molar-refractivity contribution in [1.82, 2.24) is 5.01 Å². The van der Waals surface area contributed by atoms with E-state index in [9.17, 15) is 8.78 Å². The van der Waals surface area contributed by atoms with Gasteiger partial charge < -0.3 is 4.74 Å². The molecule has 0 spiro atoms. The summed E-state index contributed by atoms with van der Waals surface area (Å²) < 4.78 is 30.7. The van der Waals surface area contributed by atoms with Gasteiger partial charge >= 0.3 is 0 Å². The average molecular weight is 443 g/mol. The summed E-state index contributed by atoms with van der Waals surface area (Å²) in [5.41, 5.74) is 4.92. The van der Waals surface area contributed by atoms with Crippen LogP contribution >= 0.6 is 9.24 Å². The highest BCUT2D eigenvalue weighted by Crippen LogP contribution is 2.25. The normalized spacial score (nSPS) is 13.2. The average Bonchev–Trinajstić information content (AvgIpc) is 2.75. The lowest BCUT2D eigenvalue weighted by atomic mass is 10.0. The van der Waals surface area contributed by atoms with Crippen molar-refractivity contribution >= 4 is 32.7 Å². The summed E-state index contributed by atoms with van der Waals surface area (Å²) in [5.74, 6) is -0.551. The highest BCUT2D eigenvalue weighted by molar-refractivity contribution is 7.27. The van der Waals surface area contributed by atoms with Crippen LogP contribution in [0.15, 0.2) is 71.1 Å². The van der Waals surface area contributed by atoms with Gasteiger partial charge in [-0.1, -0.05) is 42.5 Å². The Hall–Kier alpha value is -2.85. The lowest BCUT2D eigenvalue weighted by Crippen LogP contribution is -2.20. The van der Waals surface area contributed by atoms with E-state index in [4.69, 9.17) is 4.74 Å². The summed E-state index contributed by atoms with van der Waals surface area (Å²) in [6, 6.07) is 13.7. The molecule has 0 aliphatic heterocycles. The zero-order valence-electron chi connectivity index (χ0n) is 18.3. The number of rotatable bonds is 8. The number of hydrogen-bond donors (Lipinski definition) is 0. The largest absolute Gasteiger partial charge is 0.438 e. The van der Waals surface area contributed by atoms with Crippen LogP contribution in [0.2, 0.25) is 0 Å². The number of benzene rings is 2. The topological polar surface area (TPSA) is 37.2 Å². The van der Waals surface area contributed by atoms with Crippen molar-refractivity contribution in [2.45, 2.75) is 33.2 Å². The molecule has 164 valence electrons. The Morgan fingerprint density at radius 3 is 2.48 bits per heavy atom. The summed E-state index contributed by atoms with van der Waals surface area (Å²) in [7, 11) is 4.08. The number of hydrazone groups is 1. The number of ether oxygens (including phenoxy) is 1. The number of aliphatic imine (C=N–C) groups is 1. The molecule has 2 rings (SSSR count). The van der Waals surface area contributed by atoms with Gasteiger partial charge in [-0.2, -0.15) is 5.10 Å². The molecule has 31 heavy (non-hydrogen) atoms. The minimum Gasteiger partial charge on any atom is -0.438 e. The molecule has 0 bridgehead atoms. The summed E-state index contributed by atoms with van der Waals surface area (Å²) in [4.78, 5) is 3.99. The second kappa shape index (κ2) is 11.0. The van der Waals surface area contributed by atoms with Crippen LogP contribution in [0.5, 0.6) is 0 Å². The quantitative estimate of drug-likeness (QED) is 0.172. The van der Waals surface area contributed by atoms with Crippen LogP contribution in [0.4, 0.5) is 8.78 Å². The molecule has 4 nitrogen and oxygen atoms in total. The third-order valence-corrected chi connectivity index (χ3v) is 5.30. The van der Waals surface area contributed by atoms with Crippen LogP contribution in [0, 0.1) is 6.92 Å². The first-order valence-electron chi connectivity index (χ1n) is 9.69. The second-order valence-corrected chi connectivity index (χ2v) is 7.75. The molecule has 2 aromatic carbocycles. The molecular formula is C24H28F2N3OP. The van der Waals surface area contributed by atoms with Crippen molar-refractivity contribution in [2.24, 2.45) is 10.1 Å². The zero-order valence-corrected chi connectivity index (χ0v) is 19.4. The van der Waals surface area contributed by atoms with Gasteiger partial charge in [0, 0.05) is 25.5 Å². The lowest BCUT2D eigenvalue weighted by Gasteiger charge is -2.24. The Bertz CT molecular complexity index is 1020. The van der Waals surface area contributed by atoms with Crippen molar-refractivity contribution < 1.29 is 13.5 Å². The van der Waals surface area contributed by atoms with E-state index >= 15 is 0 Å². The third-order valence-electron chi connectivity index (χ3n) is 4.82. The number of halogens is 2. The predicted molar refractivity (Wildman–Crippen MR) is 129 cm³/mol. The Balaban J connectivity index is 2.29. The van der Waals surface area contributed by atoms with Gasteiger partial charge in [-0.15, -0.1) is 9.24 Å².